The lowest BCUT2D eigenvalue weighted by atomic mass is 10.0. The standard InChI is InChI=1S/C14H25N3OS/c1-6-17(9-12(18)16(4)5)13(11(3)15)14-10(2)7-8-19-14/h7-8,11,13H,6,9,15H2,1-5H3. The van der Waals surface area contributed by atoms with Crippen molar-refractivity contribution in [3.63, 3.8) is 0 Å². The highest BCUT2D eigenvalue weighted by molar-refractivity contribution is 7.10. The van der Waals surface area contributed by atoms with E-state index in [-0.39, 0.29) is 18.0 Å². The third kappa shape index (κ3) is 4.03. The van der Waals surface area contributed by atoms with E-state index < -0.39 is 0 Å². The van der Waals surface area contributed by atoms with Gasteiger partial charge in [0.25, 0.3) is 0 Å². The Balaban J connectivity index is 2.96. The van der Waals surface area contributed by atoms with Crippen molar-refractivity contribution in [2.45, 2.75) is 32.9 Å². The average molecular weight is 283 g/mol. The fraction of sp³-hybridized carbons (Fsp3) is 0.643. The molecule has 5 heteroatoms. The highest BCUT2D eigenvalue weighted by Crippen LogP contribution is 2.30. The summed E-state index contributed by atoms with van der Waals surface area (Å²) in [6, 6.07) is 2.21. The van der Waals surface area contributed by atoms with E-state index in [1.165, 1.54) is 10.4 Å². The van der Waals surface area contributed by atoms with Crippen LogP contribution >= 0.6 is 11.3 Å². The molecule has 2 N–H and O–H groups in total. The Kier molecular flexibility index (Phi) is 5.97. The van der Waals surface area contributed by atoms with Crippen LogP contribution in [-0.2, 0) is 4.79 Å². The van der Waals surface area contributed by atoms with Gasteiger partial charge in [-0.2, -0.15) is 0 Å². The number of carbonyl (C=O) groups excluding carboxylic acids is 1. The quantitative estimate of drug-likeness (QED) is 0.867. The van der Waals surface area contributed by atoms with Gasteiger partial charge in [0.15, 0.2) is 0 Å². The summed E-state index contributed by atoms with van der Waals surface area (Å²) in [5, 5.41) is 2.08. The molecule has 0 saturated heterocycles. The largest absolute Gasteiger partial charge is 0.348 e. The van der Waals surface area contributed by atoms with Crippen LogP contribution in [0.5, 0.6) is 0 Å². The van der Waals surface area contributed by atoms with Gasteiger partial charge in [-0.15, -0.1) is 11.3 Å². The molecule has 19 heavy (non-hydrogen) atoms. The zero-order chi connectivity index (χ0) is 14.6. The molecule has 2 atom stereocenters. The summed E-state index contributed by atoms with van der Waals surface area (Å²) >= 11 is 1.72. The van der Waals surface area contributed by atoms with E-state index in [9.17, 15) is 4.79 Å². The van der Waals surface area contributed by atoms with Crippen LogP contribution in [0.1, 0.15) is 30.3 Å². The summed E-state index contributed by atoms with van der Waals surface area (Å²) in [6.07, 6.45) is 0. The molecule has 0 aliphatic carbocycles. The minimum Gasteiger partial charge on any atom is -0.348 e. The fourth-order valence-corrected chi connectivity index (χ4v) is 3.32. The maximum atomic E-state index is 11.9. The summed E-state index contributed by atoms with van der Waals surface area (Å²) in [7, 11) is 3.57. The second kappa shape index (κ2) is 7.03. The molecule has 0 bridgehead atoms. The number of nitrogens with two attached hydrogens (primary N) is 1. The van der Waals surface area contributed by atoms with Crippen LogP contribution < -0.4 is 5.73 Å². The monoisotopic (exact) mass is 283 g/mol. The van der Waals surface area contributed by atoms with Gasteiger partial charge < -0.3 is 10.6 Å². The molecule has 1 amide bonds. The molecule has 108 valence electrons. The predicted octanol–water partition coefficient (Wildman–Crippen LogP) is 1.85. The second-order valence-electron chi connectivity index (χ2n) is 5.12. The number of hydrogen-bond donors (Lipinski definition) is 1. The van der Waals surface area contributed by atoms with Crippen LogP contribution in [0.25, 0.3) is 0 Å². The number of carbonyl (C=O) groups is 1. The van der Waals surface area contributed by atoms with Gasteiger partial charge in [0.2, 0.25) is 5.91 Å². The average Bonchev–Trinajstić information content (AvgIpc) is 2.74. The van der Waals surface area contributed by atoms with E-state index in [0.29, 0.717) is 6.54 Å². The first-order valence-corrected chi connectivity index (χ1v) is 7.50. The van der Waals surface area contributed by atoms with Crippen molar-refractivity contribution >= 4 is 17.2 Å². The van der Waals surface area contributed by atoms with Crippen LogP contribution in [0.3, 0.4) is 0 Å². The predicted molar refractivity (Wildman–Crippen MR) is 81.4 cm³/mol. The van der Waals surface area contributed by atoms with Crippen molar-refractivity contribution < 1.29 is 4.79 Å². The van der Waals surface area contributed by atoms with Crippen molar-refractivity contribution in [1.82, 2.24) is 9.80 Å². The first-order chi connectivity index (χ1) is 8.88. The van der Waals surface area contributed by atoms with Gasteiger partial charge in [0, 0.05) is 25.0 Å². The Morgan fingerprint density at radius 2 is 2.11 bits per heavy atom. The minimum atomic E-state index is -0.00716. The molecule has 2 unspecified atom stereocenters. The van der Waals surface area contributed by atoms with E-state index in [0.717, 1.165) is 6.54 Å². The van der Waals surface area contributed by atoms with Crippen molar-refractivity contribution in [2.24, 2.45) is 5.73 Å². The summed E-state index contributed by atoms with van der Waals surface area (Å²) in [5.74, 6) is 0.113. The molecule has 0 radical (unpaired) electrons. The van der Waals surface area contributed by atoms with Gasteiger partial charge in [0.05, 0.1) is 12.6 Å². The summed E-state index contributed by atoms with van der Waals surface area (Å²) in [5.41, 5.74) is 7.42. The molecule has 0 fully saturated rings. The van der Waals surface area contributed by atoms with Gasteiger partial charge in [-0.05, 0) is 37.4 Å². The molecule has 0 aromatic carbocycles. The molecule has 1 rings (SSSR count). The number of aryl methyl sites for hydroxylation is 1. The molecule has 1 aromatic rings. The van der Waals surface area contributed by atoms with E-state index >= 15 is 0 Å². The van der Waals surface area contributed by atoms with Crippen molar-refractivity contribution in [3.8, 4) is 0 Å². The maximum absolute atomic E-state index is 11.9. The van der Waals surface area contributed by atoms with Gasteiger partial charge in [-0.1, -0.05) is 6.92 Å². The number of amides is 1. The molecule has 1 heterocycles. The van der Waals surface area contributed by atoms with E-state index in [2.05, 4.69) is 30.2 Å². The number of nitrogens with zero attached hydrogens (tertiary/aromatic N) is 2. The second-order valence-corrected chi connectivity index (χ2v) is 6.07. The lowest BCUT2D eigenvalue weighted by Crippen LogP contribution is -2.44. The third-order valence-electron chi connectivity index (χ3n) is 3.31. The summed E-state index contributed by atoms with van der Waals surface area (Å²) < 4.78 is 0. The van der Waals surface area contributed by atoms with E-state index in [1.807, 2.05) is 6.92 Å². The first kappa shape index (κ1) is 16.1. The lowest BCUT2D eigenvalue weighted by molar-refractivity contribution is -0.130. The maximum Gasteiger partial charge on any atom is 0.236 e. The molecular weight excluding hydrogens is 258 g/mol. The molecule has 0 spiro atoms. The van der Waals surface area contributed by atoms with Gasteiger partial charge in [0.1, 0.15) is 0 Å². The minimum absolute atomic E-state index is 0.00716. The molecule has 0 aliphatic heterocycles. The van der Waals surface area contributed by atoms with E-state index in [1.54, 1.807) is 30.3 Å². The zero-order valence-corrected chi connectivity index (χ0v) is 13.3. The molecule has 1 aromatic heterocycles. The summed E-state index contributed by atoms with van der Waals surface area (Å²) in [6.45, 7) is 7.40. The Morgan fingerprint density at radius 1 is 1.47 bits per heavy atom. The number of rotatable bonds is 6. The van der Waals surface area contributed by atoms with Crippen LogP contribution in [-0.4, -0.2) is 48.9 Å². The smallest absolute Gasteiger partial charge is 0.236 e. The zero-order valence-electron chi connectivity index (χ0n) is 12.5. The topological polar surface area (TPSA) is 49.6 Å². The highest BCUT2D eigenvalue weighted by Gasteiger charge is 2.27. The number of hydrogen-bond acceptors (Lipinski definition) is 4. The van der Waals surface area contributed by atoms with Crippen LogP contribution in [0.2, 0.25) is 0 Å². The Bertz CT molecular complexity index is 415. The Labute approximate surface area is 120 Å². The SMILES string of the molecule is CCN(CC(=O)N(C)C)C(c1sccc1C)C(C)N. The number of thiophene rings is 1. The van der Waals surface area contributed by atoms with Gasteiger partial charge in [-0.3, -0.25) is 9.69 Å². The highest BCUT2D eigenvalue weighted by atomic mass is 32.1. The number of likely N-dealkylation sites (N-methyl/N-ethyl adjacent to an activating group) is 2. The van der Waals surface area contributed by atoms with Crippen molar-refractivity contribution in [1.29, 1.82) is 0 Å². The van der Waals surface area contributed by atoms with Crippen LogP contribution in [0.4, 0.5) is 0 Å². The lowest BCUT2D eigenvalue weighted by Gasteiger charge is -2.33. The van der Waals surface area contributed by atoms with Crippen molar-refractivity contribution in [2.75, 3.05) is 27.2 Å². The Morgan fingerprint density at radius 3 is 2.47 bits per heavy atom. The van der Waals surface area contributed by atoms with Crippen LogP contribution in [0.15, 0.2) is 11.4 Å². The molecule has 4 nitrogen and oxygen atoms in total. The van der Waals surface area contributed by atoms with E-state index in [4.69, 9.17) is 5.73 Å². The van der Waals surface area contributed by atoms with Gasteiger partial charge >= 0.3 is 0 Å². The van der Waals surface area contributed by atoms with Crippen molar-refractivity contribution in [3.05, 3.63) is 21.9 Å². The third-order valence-corrected chi connectivity index (χ3v) is 4.39. The van der Waals surface area contributed by atoms with Gasteiger partial charge in [-0.25, -0.2) is 0 Å². The Hall–Kier alpha value is -0.910. The van der Waals surface area contributed by atoms with Crippen LogP contribution in [0, 0.1) is 6.92 Å². The summed E-state index contributed by atoms with van der Waals surface area (Å²) in [4.78, 5) is 17.0. The normalized spacial score (nSPS) is 14.5. The fourth-order valence-electron chi connectivity index (χ4n) is 2.15. The first-order valence-electron chi connectivity index (χ1n) is 6.62. The molecule has 0 saturated carbocycles. The molecular formula is C14H25N3OS. The molecule has 0 aliphatic rings.